The molecule has 152 valence electrons. The lowest BCUT2D eigenvalue weighted by atomic mass is 10.1. The standard InChI is InChI=1S/C22H23BrN2O4/c1-14-19(25-21(29-14)16-6-4-3-5-7-16)10-11-28-20-9-8-15(12-17(20)23)13-18(24)22(26)27-2/h3-9,12,18H,10-11,13,24H2,1-2H3/t18-/m0/s1. The summed E-state index contributed by atoms with van der Waals surface area (Å²) in [5, 5.41) is 0. The monoisotopic (exact) mass is 458 g/mol. The topological polar surface area (TPSA) is 87.6 Å². The molecule has 7 heteroatoms. The summed E-state index contributed by atoms with van der Waals surface area (Å²) in [6, 6.07) is 14.8. The maximum absolute atomic E-state index is 11.5. The largest absolute Gasteiger partial charge is 0.492 e. The number of hydrogen-bond acceptors (Lipinski definition) is 6. The molecule has 0 aliphatic rings. The second kappa shape index (κ2) is 9.71. The van der Waals surface area contributed by atoms with Crippen LogP contribution in [0.3, 0.4) is 0 Å². The van der Waals surface area contributed by atoms with Crippen LogP contribution in [0.25, 0.3) is 11.5 Å². The lowest BCUT2D eigenvalue weighted by Gasteiger charge is -2.12. The zero-order valence-electron chi connectivity index (χ0n) is 16.4. The number of ether oxygens (including phenoxy) is 2. The van der Waals surface area contributed by atoms with Gasteiger partial charge in [-0.05, 0) is 59.1 Å². The highest BCUT2D eigenvalue weighted by molar-refractivity contribution is 9.10. The van der Waals surface area contributed by atoms with Crippen LogP contribution in [0.5, 0.6) is 5.75 Å². The normalized spacial score (nSPS) is 11.9. The number of nitrogens with two attached hydrogens (primary N) is 1. The highest BCUT2D eigenvalue weighted by Gasteiger charge is 2.15. The molecule has 0 saturated heterocycles. The third-order valence-corrected chi connectivity index (χ3v) is 5.09. The third kappa shape index (κ3) is 5.46. The lowest BCUT2D eigenvalue weighted by Crippen LogP contribution is -2.33. The molecule has 0 unspecified atom stereocenters. The molecule has 3 aromatic rings. The van der Waals surface area contributed by atoms with Crippen molar-refractivity contribution in [3.05, 3.63) is 70.0 Å². The van der Waals surface area contributed by atoms with Gasteiger partial charge in [-0.25, -0.2) is 4.98 Å². The number of esters is 1. The quantitative estimate of drug-likeness (QED) is 0.511. The van der Waals surface area contributed by atoms with Crippen molar-refractivity contribution in [1.82, 2.24) is 4.98 Å². The van der Waals surface area contributed by atoms with E-state index in [4.69, 9.17) is 14.9 Å². The fraction of sp³-hybridized carbons (Fsp3) is 0.273. The van der Waals surface area contributed by atoms with Gasteiger partial charge < -0.3 is 19.6 Å². The maximum atomic E-state index is 11.5. The zero-order chi connectivity index (χ0) is 20.8. The summed E-state index contributed by atoms with van der Waals surface area (Å²) >= 11 is 3.51. The van der Waals surface area contributed by atoms with Gasteiger partial charge in [0.05, 0.1) is 23.9 Å². The van der Waals surface area contributed by atoms with E-state index in [1.54, 1.807) is 0 Å². The van der Waals surface area contributed by atoms with Gasteiger partial charge in [-0.2, -0.15) is 0 Å². The van der Waals surface area contributed by atoms with Crippen molar-refractivity contribution in [1.29, 1.82) is 0 Å². The summed E-state index contributed by atoms with van der Waals surface area (Å²) in [7, 11) is 1.33. The molecule has 1 aromatic heterocycles. The highest BCUT2D eigenvalue weighted by Crippen LogP contribution is 2.27. The van der Waals surface area contributed by atoms with Crippen LogP contribution in [0.15, 0.2) is 57.4 Å². The fourth-order valence-electron chi connectivity index (χ4n) is 2.90. The van der Waals surface area contributed by atoms with Gasteiger partial charge in [0.1, 0.15) is 17.6 Å². The Morgan fingerprint density at radius 2 is 2.00 bits per heavy atom. The smallest absolute Gasteiger partial charge is 0.322 e. The average molecular weight is 459 g/mol. The number of nitrogens with zero attached hydrogens (tertiary/aromatic N) is 1. The van der Waals surface area contributed by atoms with Gasteiger partial charge >= 0.3 is 5.97 Å². The van der Waals surface area contributed by atoms with Gasteiger partial charge in [-0.1, -0.05) is 24.3 Å². The minimum atomic E-state index is -0.687. The van der Waals surface area contributed by atoms with Crippen molar-refractivity contribution in [2.24, 2.45) is 5.73 Å². The molecule has 0 aliphatic heterocycles. The molecule has 0 aliphatic carbocycles. The fourth-order valence-corrected chi connectivity index (χ4v) is 3.44. The molecule has 0 saturated carbocycles. The summed E-state index contributed by atoms with van der Waals surface area (Å²) in [6.45, 7) is 2.37. The number of methoxy groups -OCH3 is 1. The predicted octanol–water partition coefficient (Wildman–Crippen LogP) is 4.08. The Kier molecular flexibility index (Phi) is 7.06. The van der Waals surface area contributed by atoms with E-state index in [9.17, 15) is 4.79 Å². The van der Waals surface area contributed by atoms with Crippen LogP contribution in [-0.2, 0) is 22.4 Å². The Morgan fingerprint density at radius 3 is 2.69 bits per heavy atom. The number of carbonyl (C=O) groups excluding carboxylic acids is 1. The zero-order valence-corrected chi connectivity index (χ0v) is 17.9. The van der Waals surface area contributed by atoms with Crippen LogP contribution in [0.2, 0.25) is 0 Å². The molecule has 0 spiro atoms. The molecule has 1 atom stereocenters. The van der Waals surface area contributed by atoms with Gasteiger partial charge in [-0.3, -0.25) is 4.79 Å². The van der Waals surface area contributed by atoms with Crippen LogP contribution < -0.4 is 10.5 Å². The molecule has 6 nitrogen and oxygen atoms in total. The summed E-state index contributed by atoms with van der Waals surface area (Å²) < 4.78 is 17.1. The molecule has 0 radical (unpaired) electrons. The van der Waals surface area contributed by atoms with Crippen molar-refractivity contribution in [2.75, 3.05) is 13.7 Å². The first-order chi connectivity index (χ1) is 14.0. The Labute approximate surface area is 178 Å². The molecule has 1 heterocycles. The van der Waals surface area contributed by atoms with Crippen molar-refractivity contribution in [3.63, 3.8) is 0 Å². The Morgan fingerprint density at radius 1 is 1.24 bits per heavy atom. The van der Waals surface area contributed by atoms with Crippen LogP contribution in [-0.4, -0.2) is 30.7 Å². The van der Waals surface area contributed by atoms with E-state index in [0.717, 1.165) is 27.1 Å². The SMILES string of the molecule is COC(=O)[C@@H](N)Cc1ccc(OCCc2nc(-c3ccccc3)oc2C)c(Br)c1. The minimum Gasteiger partial charge on any atom is -0.492 e. The summed E-state index contributed by atoms with van der Waals surface area (Å²) in [5.41, 5.74) is 8.56. The van der Waals surface area contributed by atoms with E-state index in [0.29, 0.717) is 31.1 Å². The number of rotatable bonds is 8. The second-order valence-corrected chi connectivity index (χ2v) is 7.44. The molecule has 2 N–H and O–H groups in total. The van der Waals surface area contributed by atoms with Gasteiger partial charge in [0, 0.05) is 12.0 Å². The minimum absolute atomic E-state index is 0.395. The lowest BCUT2D eigenvalue weighted by molar-refractivity contribution is -0.142. The first-order valence-electron chi connectivity index (χ1n) is 9.24. The molecule has 0 bridgehead atoms. The molecule has 3 rings (SSSR count). The van der Waals surface area contributed by atoms with Crippen molar-refractivity contribution in [3.8, 4) is 17.2 Å². The predicted molar refractivity (Wildman–Crippen MR) is 114 cm³/mol. The Hall–Kier alpha value is -2.64. The number of hydrogen-bond donors (Lipinski definition) is 1. The third-order valence-electron chi connectivity index (χ3n) is 4.47. The van der Waals surface area contributed by atoms with Crippen LogP contribution in [0, 0.1) is 6.92 Å². The number of aromatic nitrogens is 1. The van der Waals surface area contributed by atoms with Crippen molar-refractivity contribution >= 4 is 21.9 Å². The number of benzene rings is 2. The van der Waals surface area contributed by atoms with Gasteiger partial charge in [0.2, 0.25) is 5.89 Å². The summed E-state index contributed by atoms with van der Waals surface area (Å²) in [5.74, 6) is 1.69. The van der Waals surface area contributed by atoms with Gasteiger partial charge in [0.15, 0.2) is 0 Å². The molecule has 29 heavy (non-hydrogen) atoms. The van der Waals surface area contributed by atoms with Crippen LogP contribution >= 0.6 is 15.9 Å². The molecule has 0 amide bonds. The van der Waals surface area contributed by atoms with Gasteiger partial charge in [0.25, 0.3) is 0 Å². The van der Waals surface area contributed by atoms with Crippen molar-refractivity contribution in [2.45, 2.75) is 25.8 Å². The van der Waals surface area contributed by atoms with E-state index in [2.05, 4.69) is 25.7 Å². The van der Waals surface area contributed by atoms with Crippen LogP contribution in [0.4, 0.5) is 0 Å². The summed E-state index contributed by atoms with van der Waals surface area (Å²) in [6.07, 6.45) is 1.02. The van der Waals surface area contributed by atoms with E-state index in [1.165, 1.54) is 7.11 Å². The number of oxazole rings is 1. The second-order valence-electron chi connectivity index (χ2n) is 6.58. The maximum Gasteiger partial charge on any atom is 0.322 e. The molecule has 2 aromatic carbocycles. The number of halogens is 1. The van der Waals surface area contributed by atoms with Crippen LogP contribution in [0.1, 0.15) is 17.0 Å². The Bertz CT molecular complexity index is 972. The van der Waals surface area contributed by atoms with E-state index >= 15 is 0 Å². The Balaban J connectivity index is 1.58. The van der Waals surface area contributed by atoms with E-state index < -0.39 is 12.0 Å². The van der Waals surface area contributed by atoms with Gasteiger partial charge in [-0.15, -0.1) is 0 Å². The summed E-state index contributed by atoms with van der Waals surface area (Å²) in [4.78, 5) is 16.1. The average Bonchev–Trinajstić information content (AvgIpc) is 3.10. The number of carbonyl (C=O) groups is 1. The molecule has 0 fully saturated rings. The first kappa shape index (κ1) is 21.1. The van der Waals surface area contributed by atoms with Crippen molar-refractivity contribution < 1.29 is 18.7 Å². The molecular formula is C22H23BrN2O4. The van der Waals surface area contributed by atoms with E-state index in [-0.39, 0.29) is 0 Å². The van der Waals surface area contributed by atoms with E-state index in [1.807, 2.05) is 55.5 Å². The first-order valence-corrected chi connectivity index (χ1v) is 10.0. The molecular weight excluding hydrogens is 436 g/mol. The highest BCUT2D eigenvalue weighted by atomic mass is 79.9. The number of aryl methyl sites for hydroxylation is 1.